The molecule has 2 aliphatic carbocycles. The summed E-state index contributed by atoms with van der Waals surface area (Å²) in [5, 5.41) is 1.21. The quantitative estimate of drug-likeness (QED) is 0.296. The van der Waals surface area contributed by atoms with E-state index in [-0.39, 0.29) is 10.8 Å². The van der Waals surface area contributed by atoms with Crippen LogP contribution in [0.15, 0.2) is 70.5 Å². The van der Waals surface area contributed by atoms with Crippen LogP contribution in [0.5, 0.6) is 0 Å². The van der Waals surface area contributed by atoms with E-state index in [0.29, 0.717) is 28.3 Å². The van der Waals surface area contributed by atoms with E-state index >= 15 is 0 Å². The highest BCUT2D eigenvalue weighted by molar-refractivity contribution is 8.36. The molecule has 0 fully saturated rings. The second-order valence-electron chi connectivity index (χ2n) is 15.6. The first-order chi connectivity index (χ1) is 19.1. The minimum absolute atomic E-state index is 0.116. The lowest BCUT2D eigenvalue weighted by molar-refractivity contribution is 0.502. The summed E-state index contributed by atoms with van der Waals surface area (Å²) < 4.78 is 0. The van der Waals surface area contributed by atoms with E-state index in [1.54, 1.807) is 16.7 Å². The molecule has 0 saturated heterocycles. The van der Waals surface area contributed by atoms with Crippen LogP contribution in [-0.4, -0.2) is 17.8 Å². The van der Waals surface area contributed by atoms with Gasteiger partial charge in [0.2, 0.25) is 0 Å². The fraction of sp³-hybridized carbons (Fsp3) is 0.487. The van der Waals surface area contributed by atoms with Gasteiger partial charge in [-0.1, -0.05) is 117 Å². The Hall–Kier alpha value is -1.90. The molecule has 3 aliphatic rings. The number of fused-ring (bicyclic) bond motifs is 4. The van der Waals surface area contributed by atoms with E-state index in [9.17, 15) is 0 Å². The molecule has 3 aromatic carbocycles. The van der Waals surface area contributed by atoms with Gasteiger partial charge in [0.1, 0.15) is 0 Å². The van der Waals surface area contributed by atoms with Crippen molar-refractivity contribution in [2.75, 3.05) is 12.5 Å². The van der Waals surface area contributed by atoms with Crippen LogP contribution in [0.2, 0.25) is 0 Å². The molecule has 41 heavy (non-hydrogen) atoms. The van der Waals surface area contributed by atoms with Crippen LogP contribution in [0.25, 0.3) is 16.7 Å². The number of benzene rings is 3. The molecule has 0 bridgehead atoms. The predicted molar refractivity (Wildman–Crippen MR) is 186 cm³/mol. The molecule has 1 aliphatic heterocycles. The topological polar surface area (TPSA) is 0 Å². The summed E-state index contributed by atoms with van der Waals surface area (Å²) in [5.74, 6) is 1.96. The van der Waals surface area contributed by atoms with Gasteiger partial charge in [0.15, 0.2) is 0 Å². The molecule has 0 aromatic heterocycles. The van der Waals surface area contributed by atoms with Crippen molar-refractivity contribution >= 4 is 27.4 Å². The number of thioether (sulfide) groups is 1. The summed E-state index contributed by atoms with van der Waals surface area (Å²) in [6.07, 6.45) is 6.50. The predicted octanol–water partition coefficient (Wildman–Crippen LogP) is 11.4. The minimum Gasteiger partial charge on any atom is -0.216 e. The van der Waals surface area contributed by atoms with E-state index in [1.165, 1.54) is 39.1 Å². The van der Waals surface area contributed by atoms with Crippen molar-refractivity contribution in [3.05, 3.63) is 93.4 Å². The SMILES string of the molecule is CC1Cc2c(-c3cc(C(C)(C)C)cc(C(C)(C)C)c3)cccc2C1S(C)(C)C1=C2c3ccccc3SC2C(C)C1C. The van der Waals surface area contributed by atoms with Crippen molar-refractivity contribution in [3.8, 4) is 11.1 Å². The molecular formula is C39H50S2. The molecule has 2 heteroatoms. The molecule has 3 aromatic rings. The van der Waals surface area contributed by atoms with Gasteiger partial charge < -0.3 is 0 Å². The minimum atomic E-state index is -1.08. The Labute approximate surface area is 256 Å². The van der Waals surface area contributed by atoms with Gasteiger partial charge in [0.25, 0.3) is 0 Å². The molecule has 0 saturated carbocycles. The van der Waals surface area contributed by atoms with Gasteiger partial charge >= 0.3 is 0 Å². The highest BCUT2D eigenvalue weighted by atomic mass is 32.3. The third-order valence-corrected chi connectivity index (χ3v) is 15.6. The number of rotatable bonds is 3. The van der Waals surface area contributed by atoms with Gasteiger partial charge in [-0.2, -0.15) is 0 Å². The average Bonchev–Trinajstić information content (AvgIpc) is 3.51. The van der Waals surface area contributed by atoms with E-state index in [2.05, 4.69) is 147 Å². The maximum absolute atomic E-state index is 2.66. The van der Waals surface area contributed by atoms with Crippen molar-refractivity contribution in [2.24, 2.45) is 17.8 Å². The normalized spacial score (nSPS) is 26.3. The van der Waals surface area contributed by atoms with Crippen molar-refractivity contribution < 1.29 is 0 Å². The smallest absolute Gasteiger partial charge is 0.0389 e. The summed E-state index contributed by atoms with van der Waals surface area (Å²) in [5.41, 5.74) is 12.5. The van der Waals surface area contributed by atoms with Crippen LogP contribution >= 0.6 is 21.8 Å². The lowest BCUT2D eigenvalue weighted by atomic mass is 9.78. The first kappa shape index (κ1) is 29.2. The number of hydrogen-bond donors (Lipinski definition) is 0. The lowest BCUT2D eigenvalue weighted by Crippen LogP contribution is -2.19. The Bertz CT molecular complexity index is 1510. The zero-order valence-electron chi connectivity index (χ0n) is 27.2. The second-order valence-corrected chi connectivity index (χ2v) is 20.6. The monoisotopic (exact) mass is 582 g/mol. The number of hydrogen-bond acceptors (Lipinski definition) is 1. The molecule has 1 heterocycles. The van der Waals surface area contributed by atoms with Crippen molar-refractivity contribution in [1.29, 1.82) is 0 Å². The summed E-state index contributed by atoms with van der Waals surface area (Å²) in [4.78, 5) is 3.31. The van der Waals surface area contributed by atoms with Gasteiger partial charge in [-0.15, -0.1) is 11.8 Å². The van der Waals surface area contributed by atoms with Crippen LogP contribution in [0.1, 0.15) is 95.4 Å². The molecule has 0 spiro atoms. The van der Waals surface area contributed by atoms with Gasteiger partial charge in [0.05, 0.1) is 0 Å². The molecule has 218 valence electrons. The second kappa shape index (κ2) is 9.81. The molecule has 0 radical (unpaired) electrons. The molecule has 0 N–H and O–H groups in total. The summed E-state index contributed by atoms with van der Waals surface area (Å²) >= 11 is 2.13. The van der Waals surface area contributed by atoms with E-state index in [0.717, 1.165) is 0 Å². The summed E-state index contributed by atoms with van der Waals surface area (Å²) in [6.45, 7) is 21.7. The standard InChI is InChI=1S/C39H50S2/c1-23-19-32-29(26-20-27(38(4,5)6)22-28(21-26)39(7,8)9)16-14-17-30(32)36(23)41(10,11)37-25(3)24(2)35-34(37)31-15-12-13-18-33(31)40-35/h12-18,20-25,35-36H,19H2,1-11H3. The Morgan fingerprint density at radius 2 is 1.37 bits per heavy atom. The Balaban J connectivity index is 1.50. The fourth-order valence-electron chi connectivity index (χ4n) is 8.08. The van der Waals surface area contributed by atoms with Crippen LogP contribution in [0, 0.1) is 17.8 Å². The highest BCUT2D eigenvalue weighted by Crippen LogP contribution is 2.74. The zero-order valence-corrected chi connectivity index (χ0v) is 28.8. The third kappa shape index (κ3) is 4.67. The summed E-state index contributed by atoms with van der Waals surface area (Å²) in [6, 6.07) is 23.9. The molecule has 5 atom stereocenters. The Morgan fingerprint density at radius 3 is 2.00 bits per heavy atom. The van der Waals surface area contributed by atoms with Gasteiger partial charge in [-0.3, -0.25) is 0 Å². The average molecular weight is 583 g/mol. The number of allylic oxidation sites excluding steroid dienone is 1. The molecule has 0 amide bonds. The van der Waals surface area contributed by atoms with E-state index < -0.39 is 10.0 Å². The van der Waals surface area contributed by atoms with E-state index in [4.69, 9.17) is 0 Å². The van der Waals surface area contributed by atoms with Crippen molar-refractivity contribution in [3.63, 3.8) is 0 Å². The third-order valence-electron chi connectivity index (χ3n) is 10.4. The molecule has 6 rings (SSSR count). The van der Waals surface area contributed by atoms with Gasteiger partial charge in [0, 0.05) is 15.4 Å². The molecule has 5 unspecified atom stereocenters. The Kier molecular flexibility index (Phi) is 6.99. The maximum atomic E-state index is 2.66. The van der Waals surface area contributed by atoms with Crippen LogP contribution in [0.4, 0.5) is 0 Å². The fourth-order valence-corrected chi connectivity index (χ4v) is 14.1. The van der Waals surface area contributed by atoms with Gasteiger partial charge in [-0.05, 0) is 103 Å². The summed E-state index contributed by atoms with van der Waals surface area (Å²) in [7, 11) is -1.08. The largest absolute Gasteiger partial charge is 0.216 e. The van der Waals surface area contributed by atoms with Crippen molar-refractivity contribution in [2.45, 2.75) is 95.0 Å². The lowest BCUT2D eigenvalue weighted by Gasteiger charge is -2.45. The van der Waals surface area contributed by atoms with Crippen LogP contribution in [0.3, 0.4) is 0 Å². The molecule has 0 nitrogen and oxygen atoms in total. The van der Waals surface area contributed by atoms with E-state index in [1.807, 2.05) is 4.91 Å². The zero-order chi connectivity index (χ0) is 29.6. The van der Waals surface area contributed by atoms with Crippen LogP contribution in [-0.2, 0) is 17.3 Å². The Morgan fingerprint density at radius 1 is 0.756 bits per heavy atom. The first-order valence-corrected chi connectivity index (χ1v) is 19.0. The highest BCUT2D eigenvalue weighted by Gasteiger charge is 2.50. The first-order valence-electron chi connectivity index (χ1n) is 15.6. The van der Waals surface area contributed by atoms with Gasteiger partial charge in [-0.25, -0.2) is 10.0 Å². The maximum Gasteiger partial charge on any atom is 0.0389 e. The molecular weight excluding hydrogens is 533 g/mol. The van der Waals surface area contributed by atoms with Crippen molar-refractivity contribution in [1.82, 2.24) is 0 Å². The van der Waals surface area contributed by atoms with Crippen LogP contribution < -0.4 is 0 Å².